The van der Waals surface area contributed by atoms with E-state index >= 15 is 0 Å². The quantitative estimate of drug-likeness (QED) is 0.294. The summed E-state index contributed by atoms with van der Waals surface area (Å²) in [5, 5.41) is 17.1. The maximum absolute atomic E-state index is 10.6. The van der Waals surface area contributed by atoms with E-state index in [1.807, 2.05) is 25.1 Å². The predicted octanol–water partition coefficient (Wildman–Crippen LogP) is 3.67. The van der Waals surface area contributed by atoms with Crippen LogP contribution in [0.4, 0.5) is 0 Å². The minimum absolute atomic E-state index is 0. The van der Waals surface area contributed by atoms with Gasteiger partial charge in [-0.3, -0.25) is 4.99 Å². The fourth-order valence-corrected chi connectivity index (χ4v) is 2.66. The van der Waals surface area contributed by atoms with E-state index in [0.29, 0.717) is 23.0 Å². The molecule has 3 N–H and O–H groups in total. The highest BCUT2D eigenvalue weighted by atomic mass is 127. The highest BCUT2D eigenvalue weighted by Gasteiger charge is 2.12. The molecule has 0 radical (unpaired) electrons. The number of hydrogen-bond donors (Lipinski definition) is 3. The lowest BCUT2D eigenvalue weighted by Crippen LogP contribution is -2.39. The van der Waals surface area contributed by atoms with Crippen molar-refractivity contribution in [1.29, 1.82) is 0 Å². The van der Waals surface area contributed by atoms with Crippen molar-refractivity contribution in [2.45, 2.75) is 26.0 Å². The van der Waals surface area contributed by atoms with Crippen molar-refractivity contribution in [3.8, 4) is 11.5 Å². The third kappa shape index (κ3) is 7.20. The molecule has 0 aromatic heterocycles. The molecule has 0 aliphatic carbocycles. The zero-order valence-corrected chi connectivity index (χ0v) is 19.1. The maximum Gasteiger partial charge on any atom is 0.191 e. The van der Waals surface area contributed by atoms with E-state index in [1.165, 1.54) is 5.56 Å². The van der Waals surface area contributed by atoms with Crippen LogP contribution in [0.3, 0.4) is 0 Å². The van der Waals surface area contributed by atoms with Gasteiger partial charge in [-0.2, -0.15) is 0 Å². The number of aliphatic imine (C=N–C) groups is 1. The maximum atomic E-state index is 10.6. The van der Waals surface area contributed by atoms with Crippen LogP contribution in [0.2, 0.25) is 0 Å². The molecule has 28 heavy (non-hydrogen) atoms. The lowest BCUT2D eigenvalue weighted by Gasteiger charge is -2.19. The van der Waals surface area contributed by atoms with Crippen molar-refractivity contribution in [2.75, 3.05) is 27.3 Å². The topological polar surface area (TPSA) is 75.1 Å². The number of methoxy groups -OCH3 is 2. The number of nitrogens with one attached hydrogen (secondary N) is 2. The van der Waals surface area contributed by atoms with Crippen LogP contribution >= 0.6 is 24.0 Å². The molecule has 0 aliphatic rings. The Morgan fingerprint density at radius 2 is 1.64 bits per heavy atom. The van der Waals surface area contributed by atoms with E-state index in [0.717, 1.165) is 6.54 Å². The van der Waals surface area contributed by atoms with Gasteiger partial charge in [0.2, 0.25) is 0 Å². The predicted molar refractivity (Wildman–Crippen MR) is 124 cm³/mol. The molecule has 6 nitrogen and oxygen atoms in total. The fourth-order valence-electron chi connectivity index (χ4n) is 2.66. The van der Waals surface area contributed by atoms with Gasteiger partial charge < -0.3 is 25.2 Å². The van der Waals surface area contributed by atoms with Crippen molar-refractivity contribution in [3.63, 3.8) is 0 Å². The number of halogens is 1. The molecule has 2 unspecified atom stereocenters. The van der Waals surface area contributed by atoms with Gasteiger partial charge in [0.25, 0.3) is 0 Å². The first kappa shape index (κ1) is 24.0. The summed E-state index contributed by atoms with van der Waals surface area (Å²) in [7, 11) is 3.17. The summed E-state index contributed by atoms with van der Waals surface area (Å²) in [6, 6.07) is 15.6. The number of benzene rings is 2. The Kier molecular flexibility index (Phi) is 10.7. The van der Waals surface area contributed by atoms with Crippen molar-refractivity contribution in [2.24, 2.45) is 4.99 Å². The zero-order valence-electron chi connectivity index (χ0n) is 16.8. The van der Waals surface area contributed by atoms with Gasteiger partial charge in [-0.1, -0.05) is 30.3 Å². The SMILES string of the molecule is CCNC(=NCC(O)c1cc(OC)cc(OC)c1)NC(C)c1ccccc1.I. The summed E-state index contributed by atoms with van der Waals surface area (Å²) < 4.78 is 10.5. The van der Waals surface area contributed by atoms with Crippen molar-refractivity contribution >= 4 is 29.9 Å². The number of aliphatic hydroxyl groups excluding tert-OH is 1. The molecule has 0 heterocycles. The molecule has 7 heteroatoms. The monoisotopic (exact) mass is 499 g/mol. The lowest BCUT2D eigenvalue weighted by molar-refractivity contribution is 0.186. The fraction of sp³-hybridized carbons (Fsp3) is 0.381. The molecule has 154 valence electrons. The number of hydrogen-bond acceptors (Lipinski definition) is 4. The second-order valence-electron chi connectivity index (χ2n) is 6.16. The smallest absolute Gasteiger partial charge is 0.191 e. The number of rotatable bonds is 8. The van der Waals surface area contributed by atoms with E-state index in [9.17, 15) is 5.11 Å². The molecule has 0 saturated carbocycles. The van der Waals surface area contributed by atoms with E-state index in [-0.39, 0.29) is 36.6 Å². The first-order valence-corrected chi connectivity index (χ1v) is 9.08. The molecule has 0 aliphatic heterocycles. The summed E-state index contributed by atoms with van der Waals surface area (Å²) in [5.41, 5.74) is 1.86. The van der Waals surface area contributed by atoms with Crippen LogP contribution in [0.1, 0.15) is 37.1 Å². The van der Waals surface area contributed by atoms with Crippen LogP contribution < -0.4 is 20.1 Å². The van der Waals surface area contributed by atoms with E-state index < -0.39 is 6.10 Å². The van der Waals surface area contributed by atoms with Gasteiger partial charge in [0.15, 0.2) is 5.96 Å². The highest BCUT2D eigenvalue weighted by molar-refractivity contribution is 14.0. The van der Waals surface area contributed by atoms with Crippen molar-refractivity contribution in [3.05, 3.63) is 59.7 Å². The number of aliphatic hydroxyl groups is 1. The van der Waals surface area contributed by atoms with E-state index in [1.54, 1.807) is 32.4 Å². The van der Waals surface area contributed by atoms with Gasteiger partial charge >= 0.3 is 0 Å². The average molecular weight is 499 g/mol. The minimum atomic E-state index is -0.767. The second-order valence-corrected chi connectivity index (χ2v) is 6.16. The summed E-state index contributed by atoms with van der Waals surface area (Å²) in [6.07, 6.45) is -0.767. The molecule has 0 bridgehead atoms. The normalized spacial score (nSPS) is 13.1. The molecule has 2 rings (SSSR count). The van der Waals surface area contributed by atoms with Gasteiger partial charge in [-0.05, 0) is 37.1 Å². The van der Waals surface area contributed by atoms with Crippen LogP contribution in [-0.2, 0) is 0 Å². The molecule has 2 aromatic carbocycles. The Labute approximate surface area is 184 Å². The third-order valence-electron chi connectivity index (χ3n) is 4.18. The zero-order chi connectivity index (χ0) is 19.6. The summed E-state index contributed by atoms with van der Waals surface area (Å²) in [5.74, 6) is 1.92. The van der Waals surface area contributed by atoms with E-state index in [2.05, 4.69) is 34.7 Å². The minimum Gasteiger partial charge on any atom is -0.497 e. The number of ether oxygens (including phenoxy) is 2. The highest BCUT2D eigenvalue weighted by Crippen LogP contribution is 2.26. The Hall–Kier alpha value is -2.00. The molecular formula is C21H30IN3O3. The lowest BCUT2D eigenvalue weighted by atomic mass is 10.1. The summed E-state index contributed by atoms with van der Waals surface area (Å²) >= 11 is 0. The summed E-state index contributed by atoms with van der Waals surface area (Å²) in [6.45, 7) is 5.03. The molecule has 2 aromatic rings. The number of guanidine groups is 1. The Bertz CT molecular complexity index is 719. The molecule has 2 atom stereocenters. The molecular weight excluding hydrogens is 469 g/mol. The van der Waals surface area contributed by atoms with Gasteiger partial charge in [0, 0.05) is 12.6 Å². The van der Waals surface area contributed by atoms with Gasteiger partial charge in [-0.15, -0.1) is 24.0 Å². The second kappa shape index (κ2) is 12.5. The van der Waals surface area contributed by atoms with E-state index in [4.69, 9.17) is 9.47 Å². The Balaban J connectivity index is 0.00000392. The standard InChI is InChI=1S/C21H29N3O3.HI/c1-5-22-21(24-15(2)16-9-7-6-8-10-16)23-14-20(25)17-11-18(26-3)13-19(12-17)27-4;/h6-13,15,20,25H,5,14H2,1-4H3,(H2,22,23,24);1H. The molecule has 0 spiro atoms. The van der Waals surface area contributed by atoms with Crippen LogP contribution in [0, 0.1) is 0 Å². The largest absolute Gasteiger partial charge is 0.497 e. The Morgan fingerprint density at radius 3 is 2.18 bits per heavy atom. The third-order valence-corrected chi connectivity index (χ3v) is 4.18. The number of nitrogens with zero attached hydrogens (tertiary/aromatic N) is 1. The van der Waals surface area contributed by atoms with Crippen LogP contribution in [0.25, 0.3) is 0 Å². The molecule has 0 amide bonds. The van der Waals surface area contributed by atoms with Crippen LogP contribution in [0.15, 0.2) is 53.5 Å². The molecule has 0 fully saturated rings. The molecule has 0 saturated heterocycles. The average Bonchev–Trinajstić information content (AvgIpc) is 2.71. The first-order chi connectivity index (χ1) is 13.1. The van der Waals surface area contributed by atoms with Gasteiger partial charge in [-0.25, -0.2) is 0 Å². The van der Waals surface area contributed by atoms with Crippen LogP contribution in [-0.4, -0.2) is 38.4 Å². The van der Waals surface area contributed by atoms with Gasteiger partial charge in [0.1, 0.15) is 11.5 Å². The first-order valence-electron chi connectivity index (χ1n) is 9.08. The Morgan fingerprint density at radius 1 is 1.04 bits per heavy atom. The van der Waals surface area contributed by atoms with Crippen molar-refractivity contribution in [1.82, 2.24) is 10.6 Å². The van der Waals surface area contributed by atoms with Gasteiger partial charge in [0.05, 0.1) is 32.9 Å². The van der Waals surface area contributed by atoms with Crippen molar-refractivity contribution < 1.29 is 14.6 Å². The summed E-state index contributed by atoms with van der Waals surface area (Å²) in [4.78, 5) is 4.53. The van der Waals surface area contributed by atoms with Crippen LogP contribution in [0.5, 0.6) is 11.5 Å².